The van der Waals surface area contributed by atoms with Gasteiger partial charge in [0.25, 0.3) is 0 Å². The Kier molecular flexibility index (Phi) is 2.38. The molecule has 1 aromatic carbocycles. The van der Waals surface area contributed by atoms with Gasteiger partial charge < -0.3 is 0 Å². The van der Waals surface area contributed by atoms with E-state index in [0.29, 0.717) is 6.04 Å². The fraction of sp³-hybridized carbons (Fsp3) is 0.455. The van der Waals surface area contributed by atoms with E-state index >= 15 is 0 Å². The fourth-order valence-corrected chi connectivity index (χ4v) is 2.80. The maximum Gasteiger partial charge on any atom is 0.113 e. The van der Waals surface area contributed by atoms with Crippen molar-refractivity contribution in [2.24, 2.45) is 0 Å². The maximum atomic E-state index is 4.28. The molecular formula is C11H12IN3. The maximum absolute atomic E-state index is 4.28. The number of benzene rings is 1. The van der Waals surface area contributed by atoms with Crippen LogP contribution in [0.15, 0.2) is 18.2 Å². The van der Waals surface area contributed by atoms with Crippen molar-refractivity contribution < 1.29 is 0 Å². The summed E-state index contributed by atoms with van der Waals surface area (Å²) in [6, 6.07) is 6.88. The number of nitrogens with zero attached hydrogens (tertiary/aromatic N) is 3. The molecule has 0 N–H and O–H groups in total. The normalized spacial score (nSPS) is 17.7. The van der Waals surface area contributed by atoms with E-state index in [2.05, 4.69) is 55.8 Å². The number of aromatic nitrogens is 3. The third kappa shape index (κ3) is 1.64. The highest BCUT2D eigenvalue weighted by Gasteiger charge is 2.19. The molecule has 0 atom stereocenters. The molecule has 1 heterocycles. The molecule has 1 aliphatic rings. The van der Waals surface area contributed by atoms with Crippen LogP contribution < -0.4 is 0 Å². The van der Waals surface area contributed by atoms with Gasteiger partial charge in [-0.3, -0.25) is 0 Å². The van der Waals surface area contributed by atoms with Crippen LogP contribution in [-0.2, 0) is 0 Å². The highest BCUT2D eigenvalue weighted by atomic mass is 127. The van der Waals surface area contributed by atoms with Gasteiger partial charge in [-0.15, -0.1) is 5.10 Å². The zero-order valence-corrected chi connectivity index (χ0v) is 10.5. The minimum Gasteiger partial charge on any atom is -0.242 e. The van der Waals surface area contributed by atoms with Crippen molar-refractivity contribution in [2.45, 2.75) is 31.7 Å². The molecular weight excluding hydrogens is 301 g/mol. The second-order valence-electron chi connectivity index (χ2n) is 4.11. The summed E-state index contributed by atoms with van der Waals surface area (Å²) < 4.78 is 3.37. The molecule has 1 fully saturated rings. The van der Waals surface area contributed by atoms with E-state index in [4.69, 9.17) is 0 Å². The smallest absolute Gasteiger partial charge is 0.113 e. The predicted molar refractivity (Wildman–Crippen MR) is 67.8 cm³/mol. The molecule has 3 nitrogen and oxygen atoms in total. The Hall–Kier alpha value is -0.650. The Morgan fingerprint density at radius 2 is 2.07 bits per heavy atom. The largest absolute Gasteiger partial charge is 0.242 e. The van der Waals surface area contributed by atoms with E-state index in [0.717, 1.165) is 5.52 Å². The van der Waals surface area contributed by atoms with Crippen molar-refractivity contribution >= 4 is 33.6 Å². The molecule has 0 unspecified atom stereocenters. The minimum absolute atomic E-state index is 0.577. The topological polar surface area (TPSA) is 30.7 Å². The third-order valence-corrected chi connectivity index (χ3v) is 3.77. The fourth-order valence-electron chi connectivity index (χ4n) is 2.33. The second-order valence-corrected chi connectivity index (χ2v) is 5.35. The van der Waals surface area contributed by atoms with E-state index in [1.807, 2.05) is 0 Å². The van der Waals surface area contributed by atoms with Crippen molar-refractivity contribution in [3.63, 3.8) is 0 Å². The quantitative estimate of drug-likeness (QED) is 0.757. The Morgan fingerprint density at radius 3 is 2.87 bits per heavy atom. The lowest BCUT2D eigenvalue weighted by Gasteiger charge is -2.09. The van der Waals surface area contributed by atoms with Crippen LogP contribution in [0.2, 0.25) is 0 Å². The molecule has 1 saturated carbocycles. The van der Waals surface area contributed by atoms with Gasteiger partial charge >= 0.3 is 0 Å². The van der Waals surface area contributed by atoms with Gasteiger partial charge in [0.2, 0.25) is 0 Å². The van der Waals surface area contributed by atoms with Crippen LogP contribution in [0.5, 0.6) is 0 Å². The standard InChI is InChI=1S/C11H12IN3/c12-8-5-6-10-11(7-8)15(14-13-10)9-3-1-2-4-9/h5-7,9H,1-4H2. The van der Waals surface area contributed by atoms with Crippen LogP contribution in [0.3, 0.4) is 0 Å². The molecule has 0 saturated heterocycles. The summed E-state index contributed by atoms with van der Waals surface area (Å²) in [6.07, 6.45) is 5.17. The first-order chi connectivity index (χ1) is 7.34. The Bertz CT molecular complexity index is 486. The molecule has 1 aliphatic carbocycles. The second kappa shape index (κ2) is 3.73. The van der Waals surface area contributed by atoms with Gasteiger partial charge in [0, 0.05) is 3.57 Å². The number of hydrogen-bond acceptors (Lipinski definition) is 2. The first-order valence-corrected chi connectivity index (χ1v) is 6.43. The average molecular weight is 313 g/mol. The minimum atomic E-state index is 0.577. The number of rotatable bonds is 1. The van der Waals surface area contributed by atoms with Gasteiger partial charge in [0.05, 0.1) is 11.6 Å². The summed E-state index contributed by atoms with van der Waals surface area (Å²) in [6.45, 7) is 0. The number of fused-ring (bicyclic) bond motifs is 1. The highest BCUT2D eigenvalue weighted by Crippen LogP contribution is 2.31. The molecule has 1 aromatic heterocycles. The van der Waals surface area contributed by atoms with E-state index in [9.17, 15) is 0 Å². The average Bonchev–Trinajstić information content (AvgIpc) is 2.83. The molecule has 78 valence electrons. The summed E-state index contributed by atoms with van der Waals surface area (Å²) >= 11 is 2.34. The highest BCUT2D eigenvalue weighted by molar-refractivity contribution is 14.1. The molecule has 0 amide bonds. The van der Waals surface area contributed by atoms with Crippen molar-refractivity contribution in [1.82, 2.24) is 15.0 Å². The van der Waals surface area contributed by atoms with Crippen molar-refractivity contribution in [1.29, 1.82) is 0 Å². The first kappa shape index (κ1) is 9.57. The van der Waals surface area contributed by atoms with Crippen molar-refractivity contribution in [3.8, 4) is 0 Å². The lowest BCUT2D eigenvalue weighted by molar-refractivity contribution is 0.467. The third-order valence-electron chi connectivity index (χ3n) is 3.10. The number of halogens is 1. The molecule has 0 bridgehead atoms. The molecule has 0 radical (unpaired) electrons. The molecule has 3 rings (SSSR count). The van der Waals surface area contributed by atoms with E-state index in [1.165, 1.54) is 34.8 Å². The summed E-state index contributed by atoms with van der Waals surface area (Å²) in [4.78, 5) is 0. The van der Waals surface area contributed by atoms with Crippen molar-refractivity contribution in [2.75, 3.05) is 0 Å². The molecule has 4 heteroatoms. The lowest BCUT2D eigenvalue weighted by Crippen LogP contribution is -2.06. The summed E-state index contributed by atoms with van der Waals surface area (Å²) in [5.41, 5.74) is 2.20. The van der Waals surface area contributed by atoms with Gasteiger partial charge in [-0.1, -0.05) is 18.1 Å². The summed E-state index contributed by atoms with van der Waals surface area (Å²) in [5, 5.41) is 8.50. The van der Waals surface area contributed by atoms with Gasteiger partial charge in [-0.05, 0) is 53.6 Å². The van der Waals surface area contributed by atoms with Gasteiger partial charge in [0.15, 0.2) is 0 Å². The Balaban J connectivity index is 2.13. The summed E-state index contributed by atoms with van der Waals surface area (Å²) in [7, 11) is 0. The summed E-state index contributed by atoms with van der Waals surface area (Å²) in [5.74, 6) is 0. The van der Waals surface area contributed by atoms with Gasteiger partial charge in [0.1, 0.15) is 5.52 Å². The van der Waals surface area contributed by atoms with E-state index < -0.39 is 0 Å². The molecule has 2 aromatic rings. The van der Waals surface area contributed by atoms with E-state index in [1.54, 1.807) is 0 Å². The van der Waals surface area contributed by atoms with Crippen LogP contribution in [0.4, 0.5) is 0 Å². The molecule has 0 spiro atoms. The number of hydrogen-bond donors (Lipinski definition) is 0. The van der Waals surface area contributed by atoms with Crippen molar-refractivity contribution in [3.05, 3.63) is 21.8 Å². The predicted octanol–water partition coefficient (Wildman–Crippen LogP) is 3.15. The zero-order valence-electron chi connectivity index (χ0n) is 8.36. The van der Waals surface area contributed by atoms with Crippen LogP contribution in [0, 0.1) is 3.57 Å². The molecule has 15 heavy (non-hydrogen) atoms. The van der Waals surface area contributed by atoms with Crippen LogP contribution >= 0.6 is 22.6 Å². The van der Waals surface area contributed by atoms with Gasteiger partial charge in [-0.2, -0.15) is 0 Å². The monoisotopic (exact) mass is 313 g/mol. The van der Waals surface area contributed by atoms with Crippen LogP contribution in [0.25, 0.3) is 11.0 Å². The van der Waals surface area contributed by atoms with Crippen LogP contribution in [0.1, 0.15) is 31.7 Å². The van der Waals surface area contributed by atoms with Gasteiger partial charge in [-0.25, -0.2) is 4.68 Å². The van der Waals surface area contributed by atoms with Crippen LogP contribution in [-0.4, -0.2) is 15.0 Å². The zero-order chi connectivity index (χ0) is 10.3. The molecule has 0 aliphatic heterocycles. The first-order valence-electron chi connectivity index (χ1n) is 5.35. The Morgan fingerprint density at radius 1 is 1.27 bits per heavy atom. The SMILES string of the molecule is Ic1ccc2nnn(C3CCCC3)c2c1. The Labute approximate surface area is 102 Å². The lowest BCUT2D eigenvalue weighted by atomic mass is 10.2. The van der Waals surface area contributed by atoms with E-state index in [-0.39, 0.29) is 0 Å².